The number of benzene rings is 2. The molecule has 7 nitrogen and oxygen atoms in total. The van der Waals surface area contributed by atoms with Gasteiger partial charge in [-0.2, -0.15) is 0 Å². The Morgan fingerprint density at radius 3 is 2.27 bits per heavy atom. The quantitative estimate of drug-likeness (QED) is 0.315. The van der Waals surface area contributed by atoms with Crippen LogP contribution in [0, 0.1) is 29.6 Å². The summed E-state index contributed by atoms with van der Waals surface area (Å²) in [4.78, 5) is 57.9. The fraction of sp³-hybridized carbons (Fsp3) is 0.438. The average molecular weight is 589 g/mol. The molecule has 5 unspecified atom stereocenters. The lowest BCUT2D eigenvalue weighted by atomic mass is 9.68. The Kier molecular flexibility index (Phi) is 6.14. The van der Waals surface area contributed by atoms with Gasteiger partial charge < -0.3 is 9.72 Å². The van der Waals surface area contributed by atoms with E-state index in [-0.39, 0.29) is 69.5 Å². The topological polar surface area (TPSA) is 96.5 Å². The summed E-state index contributed by atoms with van der Waals surface area (Å²) in [7, 11) is 0. The molecule has 4 aliphatic rings. The van der Waals surface area contributed by atoms with Crippen molar-refractivity contribution in [2.45, 2.75) is 55.7 Å². The summed E-state index contributed by atoms with van der Waals surface area (Å²) in [5, 5.41) is 1.06. The molecule has 2 saturated carbocycles. The van der Waals surface area contributed by atoms with E-state index in [1.54, 1.807) is 43.0 Å². The Bertz CT molecular complexity index is 1620. The fourth-order valence-corrected chi connectivity index (χ4v) is 10.7. The van der Waals surface area contributed by atoms with E-state index in [4.69, 9.17) is 4.74 Å². The van der Waals surface area contributed by atoms with Crippen molar-refractivity contribution in [3.63, 3.8) is 0 Å². The Hall–Kier alpha value is -3.17. The predicted octanol–water partition coefficient (Wildman–Crippen LogP) is 5.59. The lowest BCUT2D eigenvalue weighted by molar-refractivity contribution is -0.123. The summed E-state index contributed by atoms with van der Waals surface area (Å²) < 4.78 is 5.07. The van der Waals surface area contributed by atoms with Crippen molar-refractivity contribution >= 4 is 46.6 Å². The molecule has 41 heavy (non-hydrogen) atoms. The van der Waals surface area contributed by atoms with E-state index in [0.717, 1.165) is 21.9 Å². The molecule has 1 N–H and O–H groups in total. The monoisotopic (exact) mass is 588 g/mol. The van der Waals surface area contributed by atoms with E-state index in [1.807, 2.05) is 0 Å². The number of nitrogens with zero attached hydrogens (tertiary/aromatic N) is 1. The summed E-state index contributed by atoms with van der Waals surface area (Å²) >= 11 is 2.98. The molecule has 1 saturated heterocycles. The average Bonchev–Trinajstić information content (AvgIpc) is 3.67. The van der Waals surface area contributed by atoms with Gasteiger partial charge in [0, 0.05) is 16.0 Å². The number of imide groups is 1. The Balaban J connectivity index is 1.24. The second-order valence-electron chi connectivity index (χ2n) is 12.6. The number of fused-ring (bicyclic) bond motifs is 9. The normalized spacial score (nSPS) is 29.9. The highest BCUT2D eigenvalue weighted by molar-refractivity contribution is 8.00. The number of aromatic nitrogens is 1. The minimum atomic E-state index is -0.429. The SMILES string of the molecule is CCOC(=O)c1ccc(N2C(=O)C3C(C2=O)[C@@H]2C[C@H]3C3Sc4[nH]c(=O)sc4C(c4ccc(C(C)(C)C)cc4)C32)cc1. The number of ether oxygens (including phenoxy) is 1. The highest BCUT2D eigenvalue weighted by atomic mass is 32.2. The largest absolute Gasteiger partial charge is 0.462 e. The lowest BCUT2D eigenvalue weighted by Gasteiger charge is -2.43. The lowest BCUT2D eigenvalue weighted by Crippen LogP contribution is -2.42. The van der Waals surface area contributed by atoms with Gasteiger partial charge in [0.1, 0.15) is 0 Å². The van der Waals surface area contributed by atoms with Gasteiger partial charge in [0.2, 0.25) is 11.8 Å². The second kappa shape index (κ2) is 9.42. The third-order valence-corrected chi connectivity index (χ3v) is 12.1. The Morgan fingerprint density at radius 1 is 0.976 bits per heavy atom. The number of thioether (sulfide) groups is 1. The number of nitrogens with one attached hydrogen (secondary N) is 1. The van der Waals surface area contributed by atoms with Crippen molar-refractivity contribution in [1.82, 2.24) is 4.98 Å². The molecular weight excluding hydrogens is 556 g/mol. The third-order valence-electron chi connectivity index (χ3n) is 9.50. The molecule has 7 rings (SSSR count). The molecule has 1 aromatic heterocycles. The first kappa shape index (κ1) is 26.7. The number of hydrogen-bond acceptors (Lipinski definition) is 7. The van der Waals surface area contributed by atoms with Crippen molar-refractivity contribution in [2.24, 2.45) is 29.6 Å². The van der Waals surface area contributed by atoms with Gasteiger partial charge in [-0.15, -0.1) is 11.8 Å². The molecule has 2 aliphatic carbocycles. The zero-order chi connectivity index (χ0) is 28.8. The minimum absolute atomic E-state index is 0.00554. The summed E-state index contributed by atoms with van der Waals surface area (Å²) in [6, 6.07) is 15.3. The van der Waals surface area contributed by atoms with Crippen molar-refractivity contribution < 1.29 is 19.1 Å². The Labute approximate surface area is 246 Å². The fourth-order valence-electron chi connectivity index (χ4n) is 7.80. The number of aromatic amines is 1. The van der Waals surface area contributed by atoms with Gasteiger partial charge >= 0.3 is 10.8 Å². The highest BCUT2D eigenvalue weighted by Crippen LogP contribution is 2.68. The van der Waals surface area contributed by atoms with Crippen LogP contribution in [-0.4, -0.2) is 34.6 Å². The molecule has 2 aliphatic heterocycles. The first-order chi connectivity index (χ1) is 19.6. The highest BCUT2D eigenvalue weighted by Gasteiger charge is 2.69. The van der Waals surface area contributed by atoms with Crippen molar-refractivity contribution in [2.75, 3.05) is 11.5 Å². The van der Waals surface area contributed by atoms with Crippen LogP contribution in [0.25, 0.3) is 0 Å². The number of hydrogen-bond donors (Lipinski definition) is 1. The smallest absolute Gasteiger partial charge is 0.338 e. The first-order valence-electron chi connectivity index (χ1n) is 14.2. The molecule has 3 heterocycles. The van der Waals surface area contributed by atoms with Gasteiger partial charge in [-0.05, 0) is 71.9 Å². The molecular formula is C32H32N2O5S2. The van der Waals surface area contributed by atoms with Crippen molar-refractivity contribution in [3.8, 4) is 0 Å². The molecule has 9 heteroatoms. The zero-order valence-corrected chi connectivity index (χ0v) is 25.0. The molecule has 212 valence electrons. The Morgan fingerprint density at radius 2 is 1.63 bits per heavy atom. The van der Waals surface area contributed by atoms with Crippen LogP contribution in [-0.2, 0) is 19.7 Å². The molecule has 2 aromatic carbocycles. The molecule has 7 atom stereocenters. The van der Waals surface area contributed by atoms with Crippen LogP contribution >= 0.6 is 23.1 Å². The van der Waals surface area contributed by atoms with Gasteiger partial charge in [-0.3, -0.25) is 19.3 Å². The van der Waals surface area contributed by atoms with Crippen LogP contribution < -0.4 is 9.77 Å². The van der Waals surface area contributed by atoms with Crippen molar-refractivity contribution in [1.29, 1.82) is 0 Å². The molecule has 0 radical (unpaired) electrons. The van der Waals surface area contributed by atoms with Crippen LogP contribution in [0.1, 0.15) is 66.4 Å². The standard InChI is InChI=1S/C32H32N2O5S2/c1-5-39-30(37)16-8-12-18(13-9-16)34-28(35)23-19-14-20(24(23)29(34)36)25-22(19)21(26-27(40-25)33-31(38)41-26)15-6-10-17(11-7-15)32(2,3)4/h6-13,19-25H,5,14H2,1-4H3,(H,33,38)/t19-,20-,21?,22?,23?,24?,25?/m1/s1. The maximum absolute atomic E-state index is 14.0. The van der Waals surface area contributed by atoms with E-state index in [0.29, 0.717) is 11.3 Å². The zero-order valence-electron chi connectivity index (χ0n) is 23.4. The van der Waals surface area contributed by atoms with Crippen LogP contribution in [0.15, 0.2) is 58.4 Å². The summed E-state index contributed by atoms with van der Waals surface area (Å²) in [6.45, 7) is 8.61. The maximum Gasteiger partial charge on any atom is 0.338 e. The molecule has 0 spiro atoms. The minimum Gasteiger partial charge on any atom is -0.462 e. The number of H-pyrrole nitrogens is 1. The third kappa shape index (κ3) is 3.99. The number of esters is 1. The first-order valence-corrected chi connectivity index (χ1v) is 15.9. The summed E-state index contributed by atoms with van der Waals surface area (Å²) in [6.07, 6.45) is 0.848. The van der Waals surface area contributed by atoms with Gasteiger partial charge in [-0.25, -0.2) is 4.79 Å². The van der Waals surface area contributed by atoms with E-state index >= 15 is 0 Å². The van der Waals surface area contributed by atoms with Crippen LogP contribution in [0.2, 0.25) is 0 Å². The van der Waals surface area contributed by atoms with Crippen LogP contribution in [0.3, 0.4) is 0 Å². The van der Waals surface area contributed by atoms with Crippen molar-refractivity contribution in [3.05, 3.63) is 79.8 Å². The van der Waals surface area contributed by atoms with E-state index in [2.05, 4.69) is 50.0 Å². The van der Waals surface area contributed by atoms with Gasteiger partial charge in [-0.1, -0.05) is 56.4 Å². The molecule has 2 amide bonds. The summed E-state index contributed by atoms with van der Waals surface area (Å²) in [5.41, 5.74) is 3.33. The number of carbonyl (C=O) groups is 3. The summed E-state index contributed by atoms with van der Waals surface area (Å²) in [5.74, 6) is -1.16. The number of anilines is 1. The number of amides is 2. The van der Waals surface area contributed by atoms with E-state index in [9.17, 15) is 19.2 Å². The number of carbonyl (C=O) groups excluding carboxylic acids is 3. The predicted molar refractivity (Wildman–Crippen MR) is 159 cm³/mol. The van der Waals surface area contributed by atoms with E-state index < -0.39 is 5.97 Å². The van der Waals surface area contributed by atoms with Crippen LogP contribution in [0.5, 0.6) is 0 Å². The van der Waals surface area contributed by atoms with Gasteiger partial charge in [0.05, 0.1) is 34.7 Å². The van der Waals surface area contributed by atoms with Crippen LogP contribution in [0.4, 0.5) is 5.69 Å². The van der Waals surface area contributed by atoms with Gasteiger partial charge in [0.15, 0.2) is 0 Å². The number of thiazole rings is 1. The number of rotatable bonds is 4. The molecule has 3 aromatic rings. The van der Waals surface area contributed by atoms with Gasteiger partial charge in [0.25, 0.3) is 0 Å². The molecule has 2 bridgehead atoms. The van der Waals surface area contributed by atoms with E-state index in [1.165, 1.54) is 21.8 Å². The second-order valence-corrected chi connectivity index (χ2v) is 14.8. The molecule has 3 fully saturated rings. The maximum atomic E-state index is 14.0.